The van der Waals surface area contributed by atoms with Gasteiger partial charge in [-0.1, -0.05) is 0 Å². The lowest BCUT2D eigenvalue weighted by Gasteiger charge is -2.11. The van der Waals surface area contributed by atoms with Crippen LogP contribution in [0.4, 0.5) is 19.3 Å². The quantitative estimate of drug-likeness (QED) is 0.736. The van der Waals surface area contributed by atoms with Crippen molar-refractivity contribution in [1.82, 2.24) is 5.32 Å². The topological polar surface area (TPSA) is 61.4 Å². The maximum Gasteiger partial charge on any atom is 0.319 e. The van der Waals surface area contributed by atoms with E-state index in [1.165, 1.54) is 0 Å². The number of amides is 2. The highest BCUT2D eigenvalue weighted by molar-refractivity contribution is 5.89. The average Bonchev–Trinajstić information content (AvgIpc) is 2.15. The van der Waals surface area contributed by atoms with Crippen LogP contribution in [0, 0.1) is 11.6 Å². The Hall–Kier alpha value is -1.69. The molecule has 1 aromatic carbocycles. The van der Waals surface area contributed by atoms with Crippen LogP contribution in [0.25, 0.3) is 0 Å². The molecule has 0 spiro atoms. The van der Waals surface area contributed by atoms with Crippen molar-refractivity contribution in [2.75, 3.05) is 11.9 Å². The molecular weight excluding hydrogens is 218 g/mol. The Morgan fingerprint density at radius 2 is 1.94 bits per heavy atom. The van der Waals surface area contributed by atoms with E-state index in [1.54, 1.807) is 6.92 Å². The van der Waals surface area contributed by atoms with Crippen LogP contribution in [0.2, 0.25) is 0 Å². The molecule has 0 aromatic heterocycles. The Kier molecular flexibility index (Phi) is 4.19. The number of hydrogen-bond donors (Lipinski definition) is 3. The van der Waals surface area contributed by atoms with E-state index in [4.69, 9.17) is 5.11 Å². The van der Waals surface area contributed by atoms with E-state index in [9.17, 15) is 13.6 Å². The minimum atomic E-state index is -0.773. The number of rotatable bonds is 3. The molecule has 1 atom stereocenters. The van der Waals surface area contributed by atoms with Crippen molar-refractivity contribution < 1.29 is 18.7 Å². The van der Waals surface area contributed by atoms with Crippen molar-refractivity contribution in [3.8, 4) is 0 Å². The summed E-state index contributed by atoms with van der Waals surface area (Å²) in [6.45, 7) is 1.37. The van der Waals surface area contributed by atoms with E-state index in [0.29, 0.717) is 6.07 Å². The molecule has 88 valence electrons. The largest absolute Gasteiger partial charge is 0.394 e. The van der Waals surface area contributed by atoms with Crippen LogP contribution in [0.3, 0.4) is 0 Å². The fraction of sp³-hybridized carbons (Fsp3) is 0.300. The van der Waals surface area contributed by atoms with Crippen molar-refractivity contribution >= 4 is 11.7 Å². The van der Waals surface area contributed by atoms with Gasteiger partial charge in [-0.05, 0) is 19.1 Å². The van der Waals surface area contributed by atoms with Crippen molar-refractivity contribution in [2.24, 2.45) is 0 Å². The van der Waals surface area contributed by atoms with Gasteiger partial charge in [0.2, 0.25) is 0 Å². The highest BCUT2D eigenvalue weighted by Crippen LogP contribution is 2.12. The third-order valence-electron chi connectivity index (χ3n) is 1.77. The number of hydrogen-bond acceptors (Lipinski definition) is 2. The first-order valence-electron chi connectivity index (χ1n) is 4.65. The summed E-state index contributed by atoms with van der Waals surface area (Å²) in [6.07, 6.45) is 0. The number of aliphatic hydroxyl groups is 1. The van der Waals surface area contributed by atoms with Gasteiger partial charge in [0, 0.05) is 11.8 Å². The molecule has 0 aliphatic heterocycles. The highest BCUT2D eigenvalue weighted by atomic mass is 19.1. The van der Waals surface area contributed by atoms with Crippen molar-refractivity contribution in [3.63, 3.8) is 0 Å². The summed E-state index contributed by atoms with van der Waals surface area (Å²) in [6, 6.07) is 1.63. The zero-order chi connectivity index (χ0) is 12.1. The molecule has 0 bridgehead atoms. The molecule has 0 radical (unpaired) electrons. The van der Waals surface area contributed by atoms with E-state index >= 15 is 0 Å². The minimum Gasteiger partial charge on any atom is -0.394 e. The standard InChI is InChI=1S/C10H12F2N2O2/c1-6(5-15)13-10(16)14-9-3-7(11)2-8(12)4-9/h2-4,6,15H,5H2,1H3,(H2,13,14,16). The molecule has 4 nitrogen and oxygen atoms in total. The Labute approximate surface area is 91.3 Å². The zero-order valence-electron chi connectivity index (χ0n) is 8.63. The van der Waals surface area contributed by atoms with Gasteiger partial charge < -0.3 is 15.7 Å². The van der Waals surface area contributed by atoms with Crippen molar-refractivity contribution in [1.29, 1.82) is 0 Å². The Morgan fingerprint density at radius 1 is 1.38 bits per heavy atom. The lowest BCUT2D eigenvalue weighted by molar-refractivity contribution is 0.229. The smallest absolute Gasteiger partial charge is 0.319 e. The first-order valence-corrected chi connectivity index (χ1v) is 4.65. The first kappa shape index (κ1) is 12.4. The summed E-state index contributed by atoms with van der Waals surface area (Å²) in [4.78, 5) is 11.2. The van der Waals surface area contributed by atoms with Crippen molar-refractivity contribution in [2.45, 2.75) is 13.0 Å². The Bertz CT molecular complexity index is 365. The predicted molar refractivity (Wildman–Crippen MR) is 55.1 cm³/mol. The molecule has 1 aromatic rings. The summed E-state index contributed by atoms with van der Waals surface area (Å²) in [5.41, 5.74) is 0.0140. The van der Waals surface area contributed by atoms with Gasteiger partial charge in [0.1, 0.15) is 11.6 Å². The second-order valence-corrected chi connectivity index (χ2v) is 3.34. The molecule has 1 unspecified atom stereocenters. The van der Waals surface area contributed by atoms with Crippen LogP contribution in [0.5, 0.6) is 0 Å². The van der Waals surface area contributed by atoms with Gasteiger partial charge in [0.25, 0.3) is 0 Å². The fourth-order valence-corrected chi connectivity index (χ4v) is 1.06. The van der Waals surface area contributed by atoms with E-state index in [2.05, 4.69) is 10.6 Å². The zero-order valence-corrected chi connectivity index (χ0v) is 8.63. The third kappa shape index (κ3) is 3.82. The monoisotopic (exact) mass is 230 g/mol. The minimum absolute atomic E-state index is 0.0140. The lowest BCUT2D eigenvalue weighted by Crippen LogP contribution is -2.38. The Balaban J connectivity index is 2.62. The molecule has 2 amide bonds. The number of carbonyl (C=O) groups excluding carboxylic acids is 1. The number of aliphatic hydroxyl groups excluding tert-OH is 1. The van der Waals surface area contributed by atoms with Crippen LogP contribution in [0.15, 0.2) is 18.2 Å². The average molecular weight is 230 g/mol. The molecule has 0 aliphatic carbocycles. The van der Waals surface area contributed by atoms with Crippen LogP contribution in [-0.2, 0) is 0 Å². The SMILES string of the molecule is CC(CO)NC(=O)Nc1cc(F)cc(F)c1. The Morgan fingerprint density at radius 3 is 2.44 bits per heavy atom. The molecule has 0 fully saturated rings. The second kappa shape index (κ2) is 5.41. The predicted octanol–water partition coefficient (Wildman–Crippen LogP) is 1.47. The molecule has 0 saturated carbocycles. The van der Waals surface area contributed by atoms with Gasteiger partial charge >= 0.3 is 6.03 Å². The van der Waals surface area contributed by atoms with Crippen molar-refractivity contribution in [3.05, 3.63) is 29.8 Å². The van der Waals surface area contributed by atoms with E-state index in [1.807, 2.05) is 0 Å². The second-order valence-electron chi connectivity index (χ2n) is 3.34. The molecule has 6 heteroatoms. The molecule has 0 heterocycles. The van der Waals surface area contributed by atoms with Crippen LogP contribution in [0.1, 0.15) is 6.92 Å². The number of carbonyl (C=O) groups is 1. The summed E-state index contributed by atoms with van der Waals surface area (Å²) < 4.78 is 25.5. The number of halogens is 2. The third-order valence-corrected chi connectivity index (χ3v) is 1.77. The summed E-state index contributed by atoms with van der Waals surface area (Å²) in [7, 11) is 0. The molecule has 16 heavy (non-hydrogen) atoms. The van der Waals surface area contributed by atoms with E-state index < -0.39 is 23.7 Å². The summed E-state index contributed by atoms with van der Waals surface area (Å²) >= 11 is 0. The highest BCUT2D eigenvalue weighted by Gasteiger charge is 2.07. The van der Waals surface area contributed by atoms with E-state index in [-0.39, 0.29) is 12.3 Å². The normalized spacial score (nSPS) is 12.0. The molecular formula is C10H12F2N2O2. The van der Waals surface area contributed by atoms with Crippen LogP contribution in [-0.4, -0.2) is 23.8 Å². The summed E-state index contributed by atoms with van der Waals surface area (Å²) in [5.74, 6) is -1.55. The number of anilines is 1. The van der Waals surface area contributed by atoms with Gasteiger partial charge in [-0.15, -0.1) is 0 Å². The van der Waals surface area contributed by atoms with Gasteiger partial charge in [0.15, 0.2) is 0 Å². The number of urea groups is 1. The molecule has 0 saturated heterocycles. The first-order chi connectivity index (χ1) is 7.51. The van der Waals surface area contributed by atoms with Gasteiger partial charge in [0.05, 0.1) is 12.6 Å². The fourth-order valence-electron chi connectivity index (χ4n) is 1.06. The van der Waals surface area contributed by atoms with Gasteiger partial charge in [-0.25, -0.2) is 13.6 Å². The molecule has 3 N–H and O–H groups in total. The molecule has 1 rings (SSSR count). The van der Waals surface area contributed by atoms with E-state index in [0.717, 1.165) is 12.1 Å². The van der Waals surface area contributed by atoms with Crippen LogP contribution >= 0.6 is 0 Å². The summed E-state index contributed by atoms with van der Waals surface area (Å²) in [5, 5.41) is 13.3. The van der Waals surface area contributed by atoms with Gasteiger partial charge in [-0.3, -0.25) is 0 Å². The lowest BCUT2D eigenvalue weighted by atomic mass is 10.3. The molecule has 0 aliphatic rings. The van der Waals surface area contributed by atoms with Gasteiger partial charge in [-0.2, -0.15) is 0 Å². The van der Waals surface area contributed by atoms with Crippen LogP contribution < -0.4 is 10.6 Å². The maximum atomic E-state index is 12.8. The maximum absolute atomic E-state index is 12.8. The number of benzene rings is 1. The number of nitrogens with one attached hydrogen (secondary N) is 2.